The van der Waals surface area contributed by atoms with Crippen LogP contribution in [0.15, 0.2) is 40.3 Å². The summed E-state index contributed by atoms with van der Waals surface area (Å²) in [5.74, 6) is 0.289. The number of nitrogens with zero attached hydrogens (tertiary/aromatic N) is 3. The zero-order valence-corrected chi connectivity index (χ0v) is 19.1. The molecule has 1 saturated heterocycles. The van der Waals surface area contributed by atoms with E-state index in [0.717, 1.165) is 5.56 Å². The minimum absolute atomic E-state index is 0.00980. The molecule has 1 aliphatic rings. The molecule has 1 aliphatic heterocycles. The number of carbonyl (C=O) groups is 1. The number of carbonyl (C=O) groups excluding carboxylic acids is 1. The van der Waals surface area contributed by atoms with Crippen LogP contribution in [-0.2, 0) is 14.6 Å². The van der Waals surface area contributed by atoms with Crippen molar-refractivity contribution in [3.05, 3.63) is 36.0 Å². The summed E-state index contributed by atoms with van der Waals surface area (Å²) in [4.78, 5) is 22.4. The molecule has 0 atom stereocenters. The summed E-state index contributed by atoms with van der Waals surface area (Å²) in [6.45, 7) is 8.48. The van der Waals surface area contributed by atoms with Crippen molar-refractivity contribution < 1.29 is 17.9 Å². The number of ether oxygens (including phenoxy) is 1. The maximum Gasteiger partial charge on any atom is 0.407 e. The monoisotopic (exact) mass is 447 g/mol. The van der Waals surface area contributed by atoms with Gasteiger partial charge >= 0.3 is 6.09 Å². The Morgan fingerprint density at radius 2 is 1.94 bits per heavy atom. The molecule has 9 nitrogen and oxygen atoms in total. The fourth-order valence-corrected chi connectivity index (χ4v) is 4.71. The summed E-state index contributed by atoms with van der Waals surface area (Å²) in [5, 5.41) is 2.88. The van der Waals surface area contributed by atoms with Gasteiger partial charge in [0.25, 0.3) is 0 Å². The summed E-state index contributed by atoms with van der Waals surface area (Å²) >= 11 is 0. The standard InChI is InChI=1S/C21H29N5O4S/c1-14-6-5-7-16(12-14)31(28,29)17-13-23-19(25-18(17)22)26-10-8-15(9-11-26)24-20(27)30-21(2,3)4/h5-7,12-13,15H,8-11H2,1-4H3,(H,24,27)(H2,22,23,25). The molecule has 3 N–H and O–H groups in total. The van der Waals surface area contributed by atoms with E-state index >= 15 is 0 Å². The van der Waals surface area contributed by atoms with Gasteiger partial charge in [-0.15, -0.1) is 0 Å². The molecule has 0 saturated carbocycles. The number of nitrogens with one attached hydrogen (secondary N) is 1. The van der Waals surface area contributed by atoms with Crippen molar-refractivity contribution in [3.8, 4) is 0 Å². The van der Waals surface area contributed by atoms with Crippen LogP contribution in [-0.4, -0.2) is 49.2 Å². The van der Waals surface area contributed by atoms with E-state index < -0.39 is 21.5 Å². The van der Waals surface area contributed by atoms with Crippen LogP contribution in [0.5, 0.6) is 0 Å². The lowest BCUT2D eigenvalue weighted by Crippen LogP contribution is -2.46. The van der Waals surface area contributed by atoms with E-state index in [1.54, 1.807) is 12.1 Å². The number of amides is 1. The molecule has 1 amide bonds. The Labute approximate surface area is 182 Å². The molecular weight excluding hydrogens is 418 g/mol. The molecule has 2 heterocycles. The summed E-state index contributed by atoms with van der Waals surface area (Å²) in [6.07, 6.45) is 2.20. The second kappa shape index (κ2) is 8.70. The average molecular weight is 448 g/mol. The van der Waals surface area contributed by atoms with Gasteiger partial charge in [-0.05, 0) is 58.2 Å². The molecule has 0 unspecified atom stereocenters. The number of sulfone groups is 1. The molecule has 0 spiro atoms. The van der Waals surface area contributed by atoms with Crippen LogP contribution in [0.2, 0.25) is 0 Å². The lowest BCUT2D eigenvalue weighted by Gasteiger charge is -2.32. The van der Waals surface area contributed by atoms with Crippen molar-refractivity contribution in [2.45, 2.75) is 62.0 Å². The molecule has 1 fully saturated rings. The topological polar surface area (TPSA) is 128 Å². The van der Waals surface area contributed by atoms with Crippen molar-refractivity contribution in [2.75, 3.05) is 23.7 Å². The average Bonchev–Trinajstić information content (AvgIpc) is 2.67. The van der Waals surface area contributed by atoms with Gasteiger partial charge in [-0.1, -0.05) is 12.1 Å². The number of anilines is 2. The first-order valence-electron chi connectivity index (χ1n) is 10.1. The normalized spacial score (nSPS) is 15.5. The predicted octanol–water partition coefficient (Wildman–Crippen LogP) is 2.69. The molecule has 2 aromatic rings. The van der Waals surface area contributed by atoms with Gasteiger partial charge < -0.3 is 20.7 Å². The largest absolute Gasteiger partial charge is 0.444 e. The van der Waals surface area contributed by atoms with E-state index in [-0.39, 0.29) is 21.7 Å². The molecule has 31 heavy (non-hydrogen) atoms. The number of nitrogen functional groups attached to an aromatic ring is 1. The van der Waals surface area contributed by atoms with E-state index in [9.17, 15) is 13.2 Å². The van der Waals surface area contributed by atoms with Crippen molar-refractivity contribution in [3.63, 3.8) is 0 Å². The molecule has 0 radical (unpaired) electrons. The lowest BCUT2D eigenvalue weighted by atomic mass is 10.1. The number of hydrogen-bond donors (Lipinski definition) is 2. The highest BCUT2D eigenvalue weighted by Gasteiger charge is 2.27. The Bertz CT molecular complexity index is 1060. The first kappa shape index (κ1) is 22.8. The van der Waals surface area contributed by atoms with Crippen LogP contribution in [0, 0.1) is 6.92 Å². The Balaban J connectivity index is 1.67. The number of alkyl carbamates (subject to hydrolysis) is 1. The van der Waals surface area contributed by atoms with Crippen LogP contribution < -0.4 is 16.0 Å². The van der Waals surface area contributed by atoms with Gasteiger partial charge in [0.2, 0.25) is 15.8 Å². The van der Waals surface area contributed by atoms with Crippen molar-refractivity contribution in [1.29, 1.82) is 0 Å². The van der Waals surface area contributed by atoms with Crippen LogP contribution in [0.1, 0.15) is 39.2 Å². The quantitative estimate of drug-likeness (QED) is 0.732. The van der Waals surface area contributed by atoms with Gasteiger partial charge in [0.15, 0.2) is 0 Å². The van der Waals surface area contributed by atoms with E-state index in [1.165, 1.54) is 12.3 Å². The highest BCUT2D eigenvalue weighted by Crippen LogP contribution is 2.27. The highest BCUT2D eigenvalue weighted by atomic mass is 32.2. The van der Waals surface area contributed by atoms with Crippen LogP contribution in [0.3, 0.4) is 0 Å². The summed E-state index contributed by atoms with van der Waals surface area (Å²) in [5.41, 5.74) is 6.30. The molecule has 3 rings (SSSR count). The number of benzene rings is 1. The molecule has 168 valence electrons. The van der Waals surface area contributed by atoms with Crippen molar-refractivity contribution in [2.24, 2.45) is 0 Å². The van der Waals surface area contributed by atoms with Gasteiger partial charge in [0, 0.05) is 19.1 Å². The third kappa shape index (κ3) is 5.63. The second-order valence-corrected chi connectivity index (χ2v) is 10.6. The van der Waals surface area contributed by atoms with Crippen LogP contribution in [0.25, 0.3) is 0 Å². The zero-order valence-electron chi connectivity index (χ0n) is 18.3. The maximum atomic E-state index is 12.9. The van der Waals surface area contributed by atoms with Gasteiger partial charge in [-0.25, -0.2) is 18.2 Å². The maximum absolute atomic E-state index is 12.9. The second-order valence-electron chi connectivity index (χ2n) is 8.65. The van der Waals surface area contributed by atoms with Crippen molar-refractivity contribution >= 4 is 27.7 Å². The van der Waals surface area contributed by atoms with Crippen LogP contribution >= 0.6 is 0 Å². The highest BCUT2D eigenvalue weighted by molar-refractivity contribution is 7.91. The van der Waals surface area contributed by atoms with Crippen LogP contribution in [0.4, 0.5) is 16.6 Å². The Hall–Kier alpha value is -2.88. The molecule has 1 aromatic heterocycles. The first-order chi connectivity index (χ1) is 14.5. The first-order valence-corrected chi connectivity index (χ1v) is 11.6. The molecular formula is C21H29N5O4S. The molecule has 10 heteroatoms. The summed E-state index contributed by atoms with van der Waals surface area (Å²) < 4.78 is 31.1. The number of nitrogens with two attached hydrogens (primary N) is 1. The number of aryl methyl sites for hydroxylation is 1. The Kier molecular flexibility index (Phi) is 6.40. The van der Waals surface area contributed by atoms with E-state index in [1.807, 2.05) is 38.7 Å². The molecule has 0 aliphatic carbocycles. The fraction of sp³-hybridized carbons (Fsp3) is 0.476. The van der Waals surface area contributed by atoms with E-state index in [4.69, 9.17) is 10.5 Å². The van der Waals surface area contributed by atoms with E-state index in [0.29, 0.717) is 31.9 Å². The Morgan fingerprint density at radius 1 is 1.26 bits per heavy atom. The smallest absolute Gasteiger partial charge is 0.407 e. The fourth-order valence-electron chi connectivity index (χ4n) is 3.34. The number of aromatic nitrogens is 2. The minimum atomic E-state index is -3.81. The summed E-state index contributed by atoms with van der Waals surface area (Å²) in [6, 6.07) is 6.61. The lowest BCUT2D eigenvalue weighted by molar-refractivity contribution is 0.0497. The number of hydrogen-bond acceptors (Lipinski definition) is 8. The van der Waals surface area contributed by atoms with Gasteiger partial charge in [-0.3, -0.25) is 0 Å². The number of piperidine rings is 1. The predicted molar refractivity (Wildman–Crippen MR) is 118 cm³/mol. The third-order valence-electron chi connectivity index (χ3n) is 4.86. The van der Waals surface area contributed by atoms with Crippen molar-refractivity contribution in [1.82, 2.24) is 15.3 Å². The zero-order chi connectivity index (χ0) is 22.8. The van der Waals surface area contributed by atoms with Gasteiger partial charge in [0.05, 0.1) is 11.1 Å². The molecule has 1 aromatic carbocycles. The van der Waals surface area contributed by atoms with E-state index in [2.05, 4.69) is 15.3 Å². The minimum Gasteiger partial charge on any atom is -0.444 e. The van der Waals surface area contributed by atoms with Gasteiger partial charge in [0.1, 0.15) is 16.3 Å². The number of rotatable bonds is 4. The van der Waals surface area contributed by atoms with Gasteiger partial charge in [-0.2, -0.15) is 4.98 Å². The summed E-state index contributed by atoms with van der Waals surface area (Å²) in [7, 11) is -3.81. The Morgan fingerprint density at radius 3 is 2.52 bits per heavy atom. The molecule has 0 bridgehead atoms. The third-order valence-corrected chi connectivity index (χ3v) is 6.63. The SMILES string of the molecule is Cc1cccc(S(=O)(=O)c2cnc(N3CCC(NC(=O)OC(C)(C)C)CC3)nc2N)c1.